The molecule has 0 atom stereocenters. The SMILES string of the molecule is CN1CCOc2ccc(S(=O)(=O)Nc3cc(Cl)ccc3Oc3ccccc3)cc21. The van der Waals surface area contributed by atoms with Crippen molar-refractivity contribution in [3.63, 3.8) is 0 Å². The van der Waals surface area contributed by atoms with E-state index in [9.17, 15) is 8.42 Å². The topological polar surface area (TPSA) is 67.9 Å². The number of rotatable bonds is 5. The van der Waals surface area contributed by atoms with Gasteiger partial charge in [0.1, 0.15) is 18.1 Å². The molecule has 0 amide bonds. The van der Waals surface area contributed by atoms with E-state index >= 15 is 0 Å². The highest BCUT2D eigenvalue weighted by Crippen LogP contribution is 2.36. The number of nitrogens with one attached hydrogen (secondary N) is 1. The molecule has 1 aliphatic heterocycles. The van der Waals surface area contributed by atoms with Crippen LogP contribution in [0.25, 0.3) is 0 Å². The van der Waals surface area contributed by atoms with Crippen LogP contribution in [0, 0.1) is 0 Å². The molecule has 3 aromatic rings. The van der Waals surface area contributed by atoms with E-state index in [0.717, 1.165) is 5.69 Å². The number of ether oxygens (including phenoxy) is 2. The molecule has 1 heterocycles. The van der Waals surface area contributed by atoms with Gasteiger partial charge in [0.05, 0.1) is 22.8 Å². The van der Waals surface area contributed by atoms with E-state index in [-0.39, 0.29) is 10.6 Å². The van der Waals surface area contributed by atoms with Crippen LogP contribution >= 0.6 is 11.6 Å². The monoisotopic (exact) mass is 430 g/mol. The Morgan fingerprint density at radius 3 is 2.66 bits per heavy atom. The lowest BCUT2D eigenvalue weighted by Crippen LogP contribution is -2.29. The van der Waals surface area contributed by atoms with Crippen molar-refractivity contribution >= 4 is 33.0 Å². The Balaban J connectivity index is 1.66. The van der Waals surface area contributed by atoms with Crippen molar-refractivity contribution in [1.29, 1.82) is 0 Å². The third-order valence-corrected chi connectivity index (χ3v) is 6.09. The lowest BCUT2D eigenvalue weighted by atomic mass is 10.2. The second kappa shape index (κ2) is 7.85. The van der Waals surface area contributed by atoms with E-state index in [2.05, 4.69) is 4.72 Å². The molecule has 6 nitrogen and oxygen atoms in total. The Kier molecular flexibility index (Phi) is 5.25. The molecular formula is C21H19ClN2O4S. The predicted molar refractivity (Wildman–Crippen MR) is 114 cm³/mol. The van der Waals surface area contributed by atoms with Crippen molar-refractivity contribution in [2.24, 2.45) is 0 Å². The van der Waals surface area contributed by atoms with Gasteiger partial charge in [-0.1, -0.05) is 29.8 Å². The Hall–Kier alpha value is -2.90. The number of likely N-dealkylation sites (N-methyl/N-ethyl adjacent to an activating group) is 1. The zero-order chi connectivity index (χ0) is 20.4. The molecule has 3 aromatic carbocycles. The van der Waals surface area contributed by atoms with Gasteiger partial charge in [0.25, 0.3) is 10.0 Å². The third-order valence-electron chi connectivity index (χ3n) is 4.49. The van der Waals surface area contributed by atoms with Crippen molar-refractivity contribution in [2.45, 2.75) is 4.90 Å². The maximum absolute atomic E-state index is 13.0. The number of hydrogen-bond donors (Lipinski definition) is 1. The number of fused-ring (bicyclic) bond motifs is 1. The molecule has 0 radical (unpaired) electrons. The number of para-hydroxylation sites is 1. The van der Waals surface area contributed by atoms with E-state index in [4.69, 9.17) is 21.1 Å². The molecule has 8 heteroatoms. The summed E-state index contributed by atoms with van der Waals surface area (Å²) < 4.78 is 40.1. The lowest BCUT2D eigenvalue weighted by Gasteiger charge is -2.28. The van der Waals surface area contributed by atoms with Crippen molar-refractivity contribution < 1.29 is 17.9 Å². The second-order valence-electron chi connectivity index (χ2n) is 6.56. The average molecular weight is 431 g/mol. The van der Waals surface area contributed by atoms with Gasteiger partial charge in [-0.15, -0.1) is 0 Å². The van der Waals surface area contributed by atoms with Crippen LogP contribution in [-0.2, 0) is 10.0 Å². The molecule has 1 aliphatic rings. The summed E-state index contributed by atoms with van der Waals surface area (Å²) in [5, 5.41) is 0.390. The van der Waals surface area contributed by atoms with Crippen LogP contribution in [0.3, 0.4) is 0 Å². The van der Waals surface area contributed by atoms with Crippen LogP contribution in [0.2, 0.25) is 5.02 Å². The predicted octanol–water partition coefficient (Wildman–Crippen LogP) is 4.76. The Bertz CT molecular complexity index is 1140. The third kappa shape index (κ3) is 4.26. The molecule has 0 aliphatic carbocycles. The maximum atomic E-state index is 13.0. The van der Waals surface area contributed by atoms with Gasteiger partial charge in [-0.25, -0.2) is 8.42 Å². The zero-order valence-electron chi connectivity index (χ0n) is 15.6. The highest BCUT2D eigenvalue weighted by atomic mass is 35.5. The van der Waals surface area contributed by atoms with E-state index in [0.29, 0.717) is 35.4 Å². The average Bonchev–Trinajstić information content (AvgIpc) is 2.71. The smallest absolute Gasteiger partial charge is 0.262 e. The van der Waals surface area contributed by atoms with Gasteiger partial charge in [-0.05, 0) is 48.5 Å². The van der Waals surface area contributed by atoms with Crippen LogP contribution in [0.4, 0.5) is 11.4 Å². The minimum Gasteiger partial charge on any atom is -0.490 e. The summed E-state index contributed by atoms with van der Waals surface area (Å²) in [4.78, 5) is 2.08. The van der Waals surface area contributed by atoms with Gasteiger partial charge in [0, 0.05) is 12.1 Å². The normalized spacial score (nSPS) is 13.4. The first-order valence-electron chi connectivity index (χ1n) is 8.96. The number of sulfonamides is 1. The van der Waals surface area contributed by atoms with Crippen molar-refractivity contribution in [2.75, 3.05) is 29.8 Å². The van der Waals surface area contributed by atoms with E-state index in [1.165, 1.54) is 12.1 Å². The minimum atomic E-state index is -3.87. The summed E-state index contributed by atoms with van der Waals surface area (Å²) in [6.45, 7) is 1.25. The molecule has 0 spiro atoms. The van der Waals surface area contributed by atoms with Gasteiger partial charge in [-0.2, -0.15) is 0 Å². The molecule has 150 valence electrons. The second-order valence-corrected chi connectivity index (χ2v) is 8.68. The van der Waals surface area contributed by atoms with Crippen LogP contribution in [0.1, 0.15) is 0 Å². The van der Waals surface area contributed by atoms with E-state index < -0.39 is 10.0 Å². The van der Waals surface area contributed by atoms with Crippen LogP contribution in [0.15, 0.2) is 71.6 Å². The van der Waals surface area contributed by atoms with Gasteiger partial charge in [-0.3, -0.25) is 4.72 Å². The lowest BCUT2D eigenvalue weighted by molar-refractivity contribution is 0.311. The summed E-state index contributed by atoms with van der Waals surface area (Å²) in [5.74, 6) is 1.60. The first kappa shape index (κ1) is 19.4. The minimum absolute atomic E-state index is 0.124. The van der Waals surface area contributed by atoms with Crippen LogP contribution in [0.5, 0.6) is 17.2 Å². The molecule has 0 fully saturated rings. The first-order valence-corrected chi connectivity index (χ1v) is 10.8. The molecule has 29 heavy (non-hydrogen) atoms. The van der Waals surface area contributed by atoms with E-state index in [1.54, 1.807) is 36.4 Å². The van der Waals surface area contributed by atoms with Gasteiger partial charge >= 0.3 is 0 Å². The molecule has 0 unspecified atom stereocenters. The van der Waals surface area contributed by atoms with Crippen molar-refractivity contribution in [3.8, 4) is 17.2 Å². The Morgan fingerprint density at radius 1 is 1.07 bits per heavy atom. The highest BCUT2D eigenvalue weighted by molar-refractivity contribution is 7.92. The first-order chi connectivity index (χ1) is 13.9. The van der Waals surface area contributed by atoms with Crippen LogP contribution in [-0.4, -0.2) is 28.6 Å². The molecule has 4 rings (SSSR count). The molecule has 1 N–H and O–H groups in total. The van der Waals surface area contributed by atoms with Crippen molar-refractivity contribution in [1.82, 2.24) is 0 Å². The van der Waals surface area contributed by atoms with Gasteiger partial charge < -0.3 is 14.4 Å². The largest absolute Gasteiger partial charge is 0.490 e. The van der Waals surface area contributed by atoms with Gasteiger partial charge in [0.2, 0.25) is 0 Å². The summed E-state index contributed by atoms with van der Waals surface area (Å²) in [5.41, 5.74) is 0.981. The quantitative estimate of drug-likeness (QED) is 0.632. The number of halogens is 1. The number of hydrogen-bond acceptors (Lipinski definition) is 5. The molecule has 0 bridgehead atoms. The summed E-state index contributed by atoms with van der Waals surface area (Å²) in [6, 6.07) is 18.7. The fraction of sp³-hybridized carbons (Fsp3) is 0.143. The molecule has 0 aromatic heterocycles. The molecule has 0 saturated heterocycles. The Labute approximate surface area is 174 Å². The standard InChI is InChI=1S/C21H19ClN2O4S/c1-24-11-12-27-21-10-8-17(14-19(21)24)29(25,26)23-18-13-15(22)7-9-20(18)28-16-5-3-2-4-6-16/h2-10,13-14,23H,11-12H2,1H3. The van der Waals surface area contributed by atoms with Gasteiger partial charge in [0.15, 0.2) is 5.75 Å². The molecular weight excluding hydrogens is 412 g/mol. The maximum Gasteiger partial charge on any atom is 0.262 e. The van der Waals surface area contributed by atoms with Crippen molar-refractivity contribution in [3.05, 3.63) is 71.8 Å². The summed E-state index contributed by atoms with van der Waals surface area (Å²) in [6.07, 6.45) is 0. The van der Waals surface area contributed by atoms with E-state index in [1.807, 2.05) is 30.1 Å². The van der Waals surface area contributed by atoms with Crippen LogP contribution < -0.4 is 19.1 Å². The number of benzene rings is 3. The number of anilines is 2. The fourth-order valence-corrected chi connectivity index (χ4v) is 4.24. The summed E-state index contributed by atoms with van der Waals surface area (Å²) in [7, 11) is -1.98. The number of nitrogens with zero attached hydrogens (tertiary/aromatic N) is 1. The summed E-state index contributed by atoms with van der Waals surface area (Å²) >= 11 is 6.10. The fourth-order valence-electron chi connectivity index (χ4n) is 2.99. The highest BCUT2D eigenvalue weighted by Gasteiger charge is 2.22. The molecule has 0 saturated carbocycles. The zero-order valence-corrected chi connectivity index (χ0v) is 17.2. The Morgan fingerprint density at radius 2 is 1.86 bits per heavy atom.